The van der Waals surface area contributed by atoms with Crippen molar-refractivity contribution >= 4 is 23.0 Å². The number of nitrogens with one attached hydrogen (secondary N) is 2. The normalized spacial score (nSPS) is 18.7. The second-order valence-corrected chi connectivity index (χ2v) is 6.36. The number of hydrogen-bond acceptors (Lipinski definition) is 2. The Balaban J connectivity index is 1.68. The summed E-state index contributed by atoms with van der Waals surface area (Å²) < 4.78 is 26.4. The summed E-state index contributed by atoms with van der Waals surface area (Å²) in [7, 11) is 0. The van der Waals surface area contributed by atoms with Crippen LogP contribution in [0.15, 0.2) is 18.2 Å². The maximum atomic E-state index is 13.5. The van der Waals surface area contributed by atoms with E-state index in [1.54, 1.807) is 0 Å². The third-order valence-corrected chi connectivity index (χ3v) is 4.55. The SMILES string of the molecule is CC[C@@H]1CCCCN1CCCNC(=S)Nc1ccc(F)cc1F. The molecule has 3 nitrogen and oxygen atoms in total. The van der Waals surface area contributed by atoms with Gasteiger partial charge in [0, 0.05) is 25.2 Å². The van der Waals surface area contributed by atoms with E-state index in [-0.39, 0.29) is 5.69 Å². The van der Waals surface area contributed by atoms with E-state index < -0.39 is 11.6 Å². The van der Waals surface area contributed by atoms with Gasteiger partial charge in [-0.1, -0.05) is 13.3 Å². The highest BCUT2D eigenvalue weighted by atomic mass is 32.1. The van der Waals surface area contributed by atoms with Crippen LogP contribution in [-0.4, -0.2) is 35.7 Å². The molecule has 1 aromatic carbocycles. The van der Waals surface area contributed by atoms with Gasteiger partial charge < -0.3 is 15.5 Å². The molecule has 0 bridgehead atoms. The summed E-state index contributed by atoms with van der Waals surface area (Å²) >= 11 is 5.15. The Morgan fingerprint density at radius 2 is 2.17 bits per heavy atom. The van der Waals surface area contributed by atoms with Crippen molar-refractivity contribution in [1.82, 2.24) is 10.2 Å². The molecule has 0 amide bonds. The Morgan fingerprint density at radius 1 is 1.35 bits per heavy atom. The molecule has 1 saturated heterocycles. The maximum absolute atomic E-state index is 13.5. The van der Waals surface area contributed by atoms with E-state index in [0.29, 0.717) is 11.2 Å². The average molecular weight is 341 g/mol. The van der Waals surface area contributed by atoms with Crippen LogP contribution in [0.25, 0.3) is 0 Å². The fourth-order valence-electron chi connectivity index (χ4n) is 3.06. The smallest absolute Gasteiger partial charge is 0.170 e. The lowest BCUT2D eigenvalue weighted by molar-refractivity contribution is 0.143. The van der Waals surface area contributed by atoms with Crippen LogP contribution in [0.5, 0.6) is 0 Å². The molecule has 1 aliphatic rings. The molecule has 0 saturated carbocycles. The summed E-state index contributed by atoms with van der Waals surface area (Å²) in [6.45, 7) is 5.22. The van der Waals surface area contributed by atoms with Crippen LogP contribution in [0.2, 0.25) is 0 Å². The number of rotatable bonds is 6. The number of likely N-dealkylation sites (tertiary alicyclic amines) is 1. The predicted octanol–water partition coefficient (Wildman–Crippen LogP) is 3.91. The molecule has 1 heterocycles. The van der Waals surface area contributed by atoms with Gasteiger partial charge in [0.15, 0.2) is 5.11 Å². The monoisotopic (exact) mass is 341 g/mol. The Morgan fingerprint density at radius 3 is 2.91 bits per heavy atom. The van der Waals surface area contributed by atoms with Crippen LogP contribution in [0.1, 0.15) is 39.0 Å². The third-order valence-electron chi connectivity index (χ3n) is 4.31. The van der Waals surface area contributed by atoms with Crippen molar-refractivity contribution in [2.24, 2.45) is 0 Å². The fourth-order valence-corrected chi connectivity index (χ4v) is 3.27. The Labute approximate surface area is 142 Å². The standard InChI is InChI=1S/C17H25F2N3S/c1-2-14-6-3-4-10-22(14)11-5-9-20-17(23)21-16-8-7-13(18)12-15(16)19/h7-8,12,14H,2-6,9-11H2,1H3,(H2,20,21,23)/t14-/m1/s1. The van der Waals surface area contributed by atoms with E-state index in [1.165, 1.54) is 44.4 Å². The summed E-state index contributed by atoms with van der Waals surface area (Å²) in [6, 6.07) is 4.10. The van der Waals surface area contributed by atoms with Crippen LogP contribution in [0.4, 0.5) is 14.5 Å². The molecule has 0 radical (unpaired) electrons. The lowest BCUT2D eigenvalue weighted by Crippen LogP contribution is -2.41. The molecule has 1 aliphatic heterocycles. The first-order valence-corrected chi connectivity index (χ1v) is 8.75. The van der Waals surface area contributed by atoms with Crippen LogP contribution < -0.4 is 10.6 Å². The Kier molecular flexibility index (Phi) is 7.17. The number of hydrogen-bond donors (Lipinski definition) is 2. The number of anilines is 1. The van der Waals surface area contributed by atoms with E-state index in [9.17, 15) is 8.78 Å². The first-order chi connectivity index (χ1) is 11.1. The fraction of sp³-hybridized carbons (Fsp3) is 0.588. The summed E-state index contributed by atoms with van der Waals surface area (Å²) in [6.07, 6.45) is 6.12. The van der Waals surface area contributed by atoms with Crippen molar-refractivity contribution in [3.63, 3.8) is 0 Å². The summed E-state index contributed by atoms with van der Waals surface area (Å²) in [5, 5.41) is 6.20. The Bertz CT molecular complexity index is 525. The average Bonchev–Trinajstić information content (AvgIpc) is 2.54. The van der Waals surface area contributed by atoms with Crippen molar-refractivity contribution in [1.29, 1.82) is 0 Å². The number of nitrogens with zero attached hydrogens (tertiary/aromatic N) is 1. The number of halogens is 2. The van der Waals surface area contributed by atoms with Gasteiger partial charge in [-0.15, -0.1) is 0 Å². The topological polar surface area (TPSA) is 27.3 Å². The molecule has 0 spiro atoms. The van der Waals surface area contributed by atoms with Crippen LogP contribution in [0.3, 0.4) is 0 Å². The predicted molar refractivity (Wildman–Crippen MR) is 94.7 cm³/mol. The molecule has 1 atom stereocenters. The van der Waals surface area contributed by atoms with Gasteiger partial charge in [-0.3, -0.25) is 0 Å². The third kappa shape index (κ3) is 5.70. The first kappa shape index (κ1) is 18.1. The van der Waals surface area contributed by atoms with Crippen molar-refractivity contribution in [3.05, 3.63) is 29.8 Å². The quantitative estimate of drug-likeness (QED) is 0.606. The first-order valence-electron chi connectivity index (χ1n) is 8.34. The van der Waals surface area contributed by atoms with Crippen molar-refractivity contribution in [2.75, 3.05) is 25.0 Å². The van der Waals surface area contributed by atoms with Gasteiger partial charge >= 0.3 is 0 Å². The van der Waals surface area contributed by atoms with Gasteiger partial charge in [0.25, 0.3) is 0 Å². The minimum Gasteiger partial charge on any atom is -0.362 e. The summed E-state index contributed by atoms with van der Waals surface area (Å²) in [5.74, 6) is -1.24. The van der Waals surface area contributed by atoms with E-state index >= 15 is 0 Å². The molecular formula is C17H25F2N3S. The highest BCUT2D eigenvalue weighted by molar-refractivity contribution is 7.80. The zero-order valence-electron chi connectivity index (χ0n) is 13.6. The van der Waals surface area contributed by atoms with Gasteiger partial charge in [-0.05, 0) is 56.6 Å². The highest BCUT2D eigenvalue weighted by Crippen LogP contribution is 2.19. The zero-order chi connectivity index (χ0) is 16.7. The second kappa shape index (κ2) is 9.13. The molecule has 0 aliphatic carbocycles. The van der Waals surface area contributed by atoms with E-state index in [0.717, 1.165) is 25.6 Å². The largest absolute Gasteiger partial charge is 0.362 e. The number of thiocarbonyl (C=S) groups is 1. The van der Waals surface area contributed by atoms with Crippen LogP contribution in [0, 0.1) is 11.6 Å². The summed E-state index contributed by atoms with van der Waals surface area (Å²) in [4.78, 5) is 2.56. The van der Waals surface area contributed by atoms with Crippen molar-refractivity contribution < 1.29 is 8.78 Å². The number of benzene rings is 1. The Hall–Kier alpha value is -1.27. The molecule has 23 heavy (non-hydrogen) atoms. The van der Waals surface area contributed by atoms with Crippen molar-refractivity contribution in [2.45, 2.75) is 45.1 Å². The van der Waals surface area contributed by atoms with E-state index in [2.05, 4.69) is 22.5 Å². The summed E-state index contributed by atoms with van der Waals surface area (Å²) in [5.41, 5.74) is 0.186. The van der Waals surface area contributed by atoms with Gasteiger partial charge in [-0.25, -0.2) is 8.78 Å². The minimum atomic E-state index is -0.645. The van der Waals surface area contributed by atoms with Gasteiger partial charge in [0.2, 0.25) is 0 Å². The van der Waals surface area contributed by atoms with Crippen LogP contribution in [-0.2, 0) is 0 Å². The molecule has 1 fully saturated rings. The van der Waals surface area contributed by atoms with E-state index in [4.69, 9.17) is 12.2 Å². The molecule has 1 aromatic rings. The van der Waals surface area contributed by atoms with Crippen molar-refractivity contribution in [3.8, 4) is 0 Å². The maximum Gasteiger partial charge on any atom is 0.170 e. The highest BCUT2D eigenvalue weighted by Gasteiger charge is 2.19. The zero-order valence-corrected chi connectivity index (χ0v) is 14.4. The van der Waals surface area contributed by atoms with Gasteiger partial charge in [0.05, 0.1) is 5.69 Å². The molecule has 0 unspecified atom stereocenters. The van der Waals surface area contributed by atoms with E-state index in [1.807, 2.05) is 0 Å². The molecule has 128 valence electrons. The molecule has 2 N–H and O–H groups in total. The molecule has 6 heteroatoms. The van der Waals surface area contributed by atoms with Gasteiger partial charge in [0.1, 0.15) is 11.6 Å². The molecular weight excluding hydrogens is 316 g/mol. The van der Waals surface area contributed by atoms with Gasteiger partial charge in [-0.2, -0.15) is 0 Å². The van der Waals surface area contributed by atoms with Crippen LogP contribution >= 0.6 is 12.2 Å². The minimum absolute atomic E-state index is 0.186. The molecule has 0 aromatic heterocycles. The second-order valence-electron chi connectivity index (χ2n) is 5.95. The lowest BCUT2D eigenvalue weighted by Gasteiger charge is -2.35. The lowest BCUT2D eigenvalue weighted by atomic mass is 10.00. The molecule has 2 rings (SSSR count). The number of piperidine rings is 1.